The van der Waals surface area contributed by atoms with Gasteiger partial charge in [0.05, 0.1) is 31.1 Å². The van der Waals surface area contributed by atoms with Gasteiger partial charge in [-0.3, -0.25) is 9.59 Å². The van der Waals surface area contributed by atoms with Crippen LogP contribution in [0.1, 0.15) is 37.0 Å². The average Bonchev–Trinajstić information content (AvgIpc) is 3.45. The lowest BCUT2D eigenvalue weighted by Crippen LogP contribution is -3.19. The van der Waals surface area contributed by atoms with Gasteiger partial charge >= 0.3 is 0 Å². The molecule has 1 saturated heterocycles. The van der Waals surface area contributed by atoms with Crippen molar-refractivity contribution in [3.8, 4) is 0 Å². The Labute approximate surface area is 154 Å². The van der Waals surface area contributed by atoms with E-state index >= 15 is 0 Å². The highest BCUT2D eigenvalue weighted by atomic mass is 32.2. The first-order valence-electron chi connectivity index (χ1n) is 9.05. The Bertz CT molecular complexity index is 779. The summed E-state index contributed by atoms with van der Waals surface area (Å²) in [5, 5.41) is 3.01. The maximum Gasteiger partial charge on any atom is 0.278 e. The topological polar surface area (TPSA) is 88.0 Å². The monoisotopic (exact) mass is 380 g/mol. The third-order valence-corrected chi connectivity index (χ3v) is 7.11. The van der Waals surface area contributed by atoms with E-state index in [0.717, 1.165) is 17.7 Å². The van der Waals surface area contributed by atoms with Crippen LogP contribution in [-0.4, -0.2) is 62.7 Å². The number of rotatable bonds is 6. The van der Waals surface area contributed by atoms with Crippen molar-refractivity contribution < 1.29 is 22.9 Å². The van der Waals surface area contributed by atoms with Crippen LogP contribution < -0.4 is 10.2 Å². The quantitative estimate of drug-likeness (QED) is 0.648. The Morgan fingerprint density at radius 3 is 2.23 bits per heavy atom. The van der Waals surface area contributed by atoms with Crippen LogP contribution in [0.15, 0.2) is 29.2 Å². The molecule has 7 nitrogen and oxygen atoms in total. The second-order valence-corrected chi connectivity index (χ2v) is 9.09. The van der Waals surface area contributed by atoms with E-state index in [1.165, 1.54) is 23.4 Å². The highest BCUT2D eigenvalue weighted by molar-refractivity contribution is 7.89. The molecule has 0 aromatic heterocycles. The maximum absolute atomic E-state index is 12.8. The number of hydrogen-bond acceptors (Lipinski definition) is 4. The Balaban J connectivity index is 1.60. The molecule has 3 rings (SSSR count). The van der Waals surface area contributed by atoms with Gasteiger partial charge in [0.2, 0.25) is 10.0 Å². The lowest BCUT2D eigenvalue weighted by molar-refractivity contribution is -0.917. The van der Waals surface area contributed by atoms with E-state index in [-0.39, 0.29) is 22.6 Å². The highest BCUT2D eigenvalue weighted by Gasteiger charge is 2.35. The van der Waals surface area contributed by atoms with Crippen molar-refractivity contribution >= 4 is 21.7 Å². The van der Waals surface area contributed by atoms with E-state index in [1.54, 1.807) is 12.1 Å². The molecule has 1 heterocycles. The Hall–Kier alpha value is -1.77. The van der Waals surface area contributed by atoms with Crippen LogP contribution in [0.4, 0.5) is 0 Å². The van der Waals surface area contributed by atoms with Crippen molar-refractivity contribution in [2.45, 2.75) is 43.7 Å². The van der Waals surface area contributed by atoms with Crippen LogP contribution in [0.3, 0.4) is 0 Å². The first-order chi connectivity index (χ1) is 12.3. The van der Waals surface area contributed by atoms with Gasteiger partial charge in [0, 0.05) is 11.6 Å². The molecule has 1 aliphatic heterocycles. The molecule has 1 saturated carbocycles. The number of carbonyl (C=O) groups excluding carboxylic acids is 2. The minimum absolute atomic E-state index is 0.0543. The average molecular weight is 380 g/mol. The number of nitrogens with zero attached hydrogens (tertiary/aromatic N) is 1. The zero-order chi connectivity index (χ0) is 18.9. The van der Waals surface area contributed by atoms with Crippen LogP contribution in [0.5, 0.6) is 0 Å². The predicted octanol–water partition coefficient (Wildman–Crippen LogP) is -0.554. The fraction of sp³-hybridized carbons (Fsp3) is 0.556. The van der Waals surface area contributed by atoms with E-state index in [1.807, 2.05) is 6.92 Å². The molecule has 2 aliphatic rings. The second-order valence-electron chi connectivity index (χ2n) is 7.15. The van der Waals surface area contributed by atoms with Gasteiger partial charge in [-0.15, -0.1) is 0 Å². The van der Waals surface area contributed by atoms with Crippen LogP contribution in [0.25, 0.3) is 0 Å². The number of nitrogens with one attached hydrogen (secondary N) is 2. The van der Waals surface area contributed by atoms with E-state index in [2.05, 4.69) is 5.32 Å². The molecule has 142 valence electrons. The fourth-order valence-electron chi connectivity index (χ4n) is 3.20. The minimum Gasteiger partial charge on any atom is -0.348 e. The molecular weight excluding hydrogens is 354 g/mol. The molecule has 0 bridgehead atoms. The molecule has 2 N–H and O–H groups in total. The third-order valence-electron chi connectivity index (χ3n) is 5.19. The third kappa shape index (κ3) is 4.13. The Morgan fingerprint density at radius 1 is 1.15 bits per heavy atom. The number of Topliss-reactive ketones (excluding diaryl/α,β-unsaturated/α-hetero) is 1. The summed E-state index contributed by atoms with van der Waals surface area (Å²) in [7, 11) is -3.57. The van der Waals surface area contributed by atoms with Gasteiger partial charge in [-0.2, -0.15) is 4.31 Å². The predicted molar refractivity (Wildman–Crippen MR) is 96.5 cm³/mol. The van der Waals surface area contributed by atoms with Gasteiger partial charge in [-0.1, -0.05) is 12.1 Å². The van der Waals surface area contributed by atoms with Gasteiger partial charge in [-0.25, -0.2) is 8.42 Å². The number of sulfonamides is 1. The Kier molecular flexibility index (Phi) is 5.45. The van der Waals surface area contributed by atoms with Crippen LogP contribution in [-0.2, 0) is 14.8 Å². The number of piperazine rings is 1. The SMILES string of the molecule is CC(=O)c1ccc(S(=O)(=O)N2CC[NH+]([C@H](C)C(=O)NC3CC3)CC2)cc1. The highest BCUT2D eigenvalue weighted by Crippen LogP contribution is 2.19. The smallest absolute Gasteiger partial charge is 0.278 e. The molecule has 1 aliphatic carbocycles. The van der Waals surface area contributed by atoms with E-state index in [0.29, 0.717) is 37.8 Å². The summed E-state index contributed by atoms with van der Waals surface area (Å²) in [5.74, 6) is -0.0387. The van der Waals surface area contributed by atoms with Crippen molar-refractivity contribution in [2.24, 2.45) is 0 Å². The van der Waals surface area contributed by atoms with Crippen molar-refractivity contribution in [3.05, 3.63) is 29.8 Å². The lowest BCUT2D eigenvalue weighted by Gasteiger charge is -2.34. The summed E-state index contributed by atoms with van der Waals surface area (Å²) in [6.07, 6.45) is 2.12. The lowest BCUT2D eigenvalue weighted by atomic mass is 10.2. The zero-order valence-electron chi connectivity index (χ0n) is 15.2. The first-order valence-corrected chi connectivity index (χ1v) is 10.5. The number of ketones is 1. The fourth-order valence-corrected chi connectivity index (χ4v) is 4.64. The van der Waals surface area contributed by atoms with E-state index in [4.69, 9.17) is 0 Å². The van der Waals surface area contributed by atoms with E-state index < -0.39 is 10.0 Å². The summed E-state index contributed by atoms with van der Waals surface area (Å²) in [6, 6.07) is 6.22. The summed E-state index contributed by atoms with van der Waals surface area (Å²) in [4.78, 5) is 24.8. The van der Waals surface area contributed by atoms with Crippen molar-refractivity contribution in [1.29, 1.82) is 0 Å². The molecule has 1 aromatic rings. The first kappa shape index (κ1) is 19.0. The zero-order valence-corrected chi connectivity index (χ0v) is 16.0. The molecule has 0 radical (unpaired) electrons. The number of benzene rings is 1. The van der Waals surface area contributed by atoms with Gasteiger partial charge in [-0.05, 0) is 38.8 Å². The molecule has 1 aromatic carbocycles. The largest absolute Gasteiger partial charge is 0.348 e. The maximum atomic E-state index is 12.8. The number of amides is 1. The summed E-state index contributed by atoms with van der Waals surface area (Å²) in [6.45, 7) is 5.32. The van der Waals surface area contributed by atoms with Gasteiger partial charge in [0.25, 0.3) is 5.91 Å². The molecule has 2 fully saturated rings. The van der Waals surface area contributed by atoms with Gasteiger partial charge < -0.3 is 10.2 Å². The number of hydrogen-bond donors (Lipinski definition) is 2. The van der Waals surface area contributed by atoms with Crippen LogP contribution >= 0.6 is 0 Å². The molecule has 26 heavy (non-hydrogen) atoms. The van der Waals surface area contributed by atoms with Crippen molar-refractivity contribution in [1.82, 2.24) is 9.62 Å². The van der Waals surface area contributed by atoms with E-state index in [9.17, 15) is 18.0 Å². The minimum atomic E-state index is -3.57. The van der Waals surface area contributed by atoms with Crippen LogP contribution in [0.2, 0.25) is 0 Å². The molecule has 1 atom stereocenters. The summed E-state index contributed by atoms with van der Waals surface area (Å²) >= 11 is 0. The second kappa shape index (κ2) is 7.46. The molecule has 0 spiro atoms. The molecule has 8 heteroatoms. The standard InChI is InChI=1S/C18H25N3O4S/c1-13(18(23)19-16-5-6-16)20-9-11-21(12-10-20)26(24,25)17-7-3-15(4-8-17)14(2)22/h3-4,7-8,13,16H,5-6,9-12H2,1-2H3,(H,19,23)/p+1/t13-/m1/s1. The molecule has 0 unspecified atom stereocenters. The Morgan fingerprint density at radius 2 is 1.73 bits per heavy atom. The summed E-state index contributed by atoms with van der Waals surface area (Å²) in [5.41, 5.74) is 0.494. The van der Waals surface area contributed by atoms with Gasteiger partial charge in [0.1, 0.15) is 0 Å². The van der Waals surface area contributed by atoms with Crippen molar-refractivity contribution in [3.63, 3.8) is 0 Å². The number of carbonyl (C=O) groups is 2. The van der Waals surface area contributed by atoms with Crippen molar-refractivity contribution in [2.75, 3.05) is 26.2 Å². The molecular formula is C18H26N3O4S+. The normalized spacial score (nSPS) is 20.5. The molecule has 1 amide bonds. The summed E-state index contributed by atoms with van der Waals surface area (Å²) < 4.78 is 27.0. The number of quaternary nitrogens is 1. The van der Waals surface area contributed by atoms with Gasteiger partial charge in [0.15, 0.2) is 11.8 Å². The van der Waals surface area contributed by atoms with Crippen LogP contribution in [0, 0.1) is 0 Å².